The molecule has 0 saturated carbocycles. The summed E-state index contributed by atoms with van der Waals surface area (Å²) in [6, 6.07) is 10.4. The number of hydrogen-bond donors (Lipinski definition) is 1. The third-order valence-corrected chi connectivity index (χ3v) is 3.74. The summed E-state index contributed by atoms with van der Waals surface area (Å²) in [5, 5.41) is 0. The number of nitrogens with zero attached hydrogens (tertiary/aromatic N) is 2. The van der Waals surface area contributed by atoms with Crippen LogP contribution in [0.25, 0.3) is 0 Å². The highest BCUT2D eigenvalue weighted by atomic mass is 16.2. The molecule has 20 heavy (non-hydrogen) atoms. The molecule has 0 bridgehead atoms. The van der Waals surface area contributed by atoms with Crippen LogP contribution in [-0.2, 0) is 4.79 Å². The summed E-state index contributed by atoms with van der Waals surface area (Å²) in [7, 11) is 0. The minimum Gasteiger partial charge on any atom is -0.368 e. The molecule has 2 N–H and O–H groups in total. The number of carbonyl (C=O) groups is 1. The van der Waals surface area contributed by atoms with Crippen molar-refractivity contribution in [2.45, 2.75) is 32.2 Å². The molecule has 4 heteroatoms. The van der Waals surface area contributed by atoms with Crippen molar-refractivity contribution in [3.8, 4) is 0 Å². The van der Waals surface area contributed by atoms with Crippen molar-refractivity contribution in [2.75, 3.05) is 31.1 Å². The second kappa shape index (κ2) is 6.27. The predicted octanol–water partition coefficient (Wildman–Crippen LogP) is 1.85. The van der Waals surface area contributed by atoms with Crippen LogP contribution >= 0.6 is 0 Å². The molecule has 1 heterocycles. The van der Waals surface area contributed by atoms with Gasteiger partial charge in [0.15, 0.2) is 0 Å². The number of anilines is 1. The lowest BCUT2D eigenvalue weighted by Crippen LogP contribution is -2.49. The van der Waals surface area contributed by atoms with Crippen molar-refractivity contribution in [1.29, 1.82) is 0 Å². The molecule has 0 radical (unpaired) electrons. The third-order valence-electron chi connectivity index (χ3n) is 3.74. The average molecular weight is 275 g/mol. The number of carbonyl (C=O) groups excluding carboxylic acids is 1. The fourth-order valence-corrected chi connectivity index (χ4v) is 2.44. The number of hydrogen-bond acceptors (Lipinski definition) is 3. The molecule has 0 spiro atoms. The number of benzene rings is 1. The van der Waals surface area contributed by atoms with Crippen molar-refractivity contribution in [2.24, 2.45) is 5.73 Å². The molecular weight excluding hydrogens is 250 g/mol. The van der Waals surface area contributed by atoms with Gasteiger partial charge in [-0.15, -0.1) is 0 Å². The summed E-state index contributed by atoms with van der Waals surface area (Å²) in [5.74, 6) is 0.233. The third kappa shape index (κ3) is 4.23. The molecule has 0 unspecified atom stereocenters. The van der Waals surface area contributed by atoms with E-state index in [1.807, 2.05) is 24.8 Å². The molecule has 0 aromatic heterocycles. The first kappa shape index (κ1) is 14.9. The fraction of sp³-hybridized carbons (Fsp3) is 0.562. The van der Waals surface area contributed by atoms with Gasteiger partial charge in [0.25, 0.3) is 0 Å². The summed E-state index contributed by atoms with van der Waals surface area (Å²) in [5.41, 5.74) is 6.91. The zero-order valence-corrected chi connectivity index (χ0v) is 12.5. The monoisotopic (exact) mass is 275 g/mol. The first-order valence-corrected chi connectivity index (χ1v) is 7.32. The standard InChI is InChI=1S/C16H25N3O/c1-16(2,17)9-8-15(20)19-12-10-18(11-13-19)14-6-4-3-5-7-14/h3-7H,8-13,17H2,1-2H3. The molecule has 1 saturated heterocycles. The first-order valence-electron chi connectivity index (χ1n) is 7.32. The first-order chi connectivity index (χ1) is 9.46. The zero-order valence-electron chi connectivity index (χ0n) is 12.5. The quantitative estimate of drug-likeness (QED) is 0.912. The van der Waals surface area contributed by atoms with Crippen molar-refractivity contribution < 1.29 is 4.79 Å². The Morgan fingerprint density at radius 3 is 2.30 bits per heavy atom. The maximum atomic E-state index is 12.1. The maximum absolute atomic E-state index is 12.1. The lowest BCUT2D eigenvalue weighted by Gasteiger charge is -2.36. The maximum Gasteiger partial charge on any atom is 0.222 e. The van der Waals surface area contributed by atoms with E-state index in [0.717, 1.165) is 32.6 Å². The molecule has 4 nitrogen and oxygen atoms in total. The van der Waals surface area contributed by atoms with E-state index in [1.54, 1.807) is 0 Å². The van der Waals surface area contributed by atoms with Gasteiger partial charge in [0.2, 0.25) is 5.91 Å². The highest BCUT2D eigenvalue weighted by Gasteiger charge is 2.22. The van der Waals surface area contributed by atoms with Gasteiger partial charge in [-0.05, 0) is 32.4 Å². The number of amides is 1. The number of piperazine rings is 1. The van der Waals surface area contributed by atoms with Crippen molar-refractivity contribution >= 4 is 11.6 Å². The van der Waals surface area contributed by atoms with E-state index in [9.17, 15) is 4.79 Å². The minimum atomic E-state index is -0.262. The Balaban J connectivity index is 1.81. The second-order valence-electron chi connectivity index (χ2n) is 6.19. The number of nitrogens with two attached hydrogens (primary N) is 1. The lowest BCUT2D eigenvalue weighted by atomic mass is 9.99. The Labute approximate surface area is 121 Å². The van der Waals surface area contributed by atoms with E-state index in [-0.39, 0.29) is 11.4 Å². The average Bonchev–Trinajstić information content (AvgIpc) is 2.45. The SMILES string of the molecule is CC(C)(N)CCC(=O)N1CCN(c2ccccc2)CC1. The highest BCUT2D eigenvalue weighted by Crippen LogP contribution is 2.16. The van der Waals surface area contributed by atoms with Gasteiger partial charge in [-0.25, -0.2) is 0 Å². The van der Waals surface area contributed by atoms with Crippen LogP contribution in [0.2, 0.25) is 0 Å². The molecule has 1 aliphatic rings. The molecule has 0 atom stereocenters. The van der Waals surface area contributed by atoms with Crippen LogP contribution < -0.4 is 10.6 Å². The number of para-hydroxylation sites is 1. The summed E-state index contributed by atoms with van der Waals surface area (Å²) < 4.78 is 0. The van der Waals surface area contributed by atoms with Gasteiger partial charge in [-0.3, -0.25) is 4.79 Å². The smallest absolute Gasteiger partial charge is 0.222 e. The van der Waals surface area contributed by atoms with Crippen LogP contribution in [0.15, 0.2) is 30.3 Å². The Morgan fingerprint density at radius 1 is 1.15 bits per heavy atom. The zero-order chi connectivity index (χ0) is 14.6. The van der Waals surface area contributed by atoms with Gasteiger partial charge in [0.05, 0.1) is 0 Å². The summed E-state index contributed by atoms with van der Waals surface area (Å²) >= 11 is 0. The van der Waals surface area contributed by atoms with E-state index < -0.39 is 0 Å². The van der Waals surface area contributed by atoms with Crippen molar-refractivity contribution in [3.63, 3.8) is 0 Å². The Bertz CT molecular complexity index is 431. The van der Waals surface area contributed by atoms with Gasteiger partial charge in [0.1, 0.15) is 0 Å². The molecule has 2 rings (SSSR count). The van der Waals surface area contributed by atoms with E-state index in [4.69, 9.17) is 5.73 Å². The van der Waals surface area contributed by atoms with Crippen LogP contribution in [0.3, 0.4) is 0 Å². The van der Waals surface area contributed by atoms with Crippen molar-refractivity contribution in [1.82, 2.24) is 4.90 Å². The normalized spacial score (nSPS) is 16.4. The van der Waals surface area contributed by atoms with E-state index in [2.05, 4.69) is 29.2 Å². The molecule has 1 aromatic rings. The molecule has 1 aromatic carbocycles. The summed E-state index contributed by atoms with van der Waals surface area (Å²) in [6.07, 6.45) is 1.29. The van der Waals surface area contributed by atoms with Crippen LogP contribution in [0, 0.1) is 0 Å². The molecular formula is C16H25N3O. The number of rotatable bonds is 4. The van der Waals surface area contributed by atoms with Gasteiger partial charge in [-0.2, -0.15) is 0 Å². The molecule has 1 amide bonds. The molecule has 1 aliphatic heterocycles. The second-order valence-corrected chi connectivity index (χ2v) is 6.19. The topological polar surface area (TPSA) is 49.6 Å². The van der Waals surface area contributed by atoms with Gasteiger partial charge < -0.3 is 15.5 Å². The van der Waals surface area contributed by atoms with Gasteiger partial charge in [0, 0.05) is 43.8 Å². The van der Waals surface area contributed by atoms with Crippen LogP contribution in [0.4, 0.5) is 5.69 Å². The molecule has 110 valence electrons. The Kier molecular flexibility index (Phi) is 4.65. The predicted molar refractivity (Wildman–Crippen MR) is 82.7 cm³/mol. The molecule has 0 aliphatic carbocycles. The largest absolute Gasteiger partial charge is 0.368 e. The van der Waals surface area contributed by atoms with Crippen molar-refractivity contribution in [3.05, 3.63) is 30.3 Å². The fourth-order valence-electron chi connectivity index (χ4n) is 2.44. The summed E-state index contributed by atoms with van der Waals surface area (Å²) in [6.45, 7) is 7.35. The lowest BCUT2D eigenvalue weighted by molar-refractivity contribution is -0.131. The minimum absolute atomic E-state index is 0.233. The molecule has 1 fully saturated rings. The van der Waals surface area contributed by atoms with E-state index in [0.29, 0.717) is 6.42 Å². The van der Waals surface area contributed by atoms with Crippen LogP contribution in [-0.4, -0.2) is 42.5 Å². The Morgan fingerprint density at radius 2 is 1.75 bits per heavy atom. The van der Waals surface area contributed by atoms with Crippen LogP contribution in [0.1, 0.15) is 26.7 Å². The van der Waals surface area contributed by atoms with Crippen LogP contribution in [0.5, 0.6) is 0 Å². The van der Waals surface area contributed by atoms with Gasteiger partial charge >= 0.3 is 0 Å². The Hall–Kier alpha value is -1.55. The highest BCUT2D eigenvalue weighted by molar-refractivity contribution is 5.76. The summed E-state index contributed by atoms with van der Waals surface area (Å²) in [4.78, 5) is 16.4. The van der Waals surface area contributed by atoms with E-state index in [1.165, 1.54) is 5.69 Å². The van der Waals surface area contributed by atoms with Gasteiger partial charge in [-0.1, -0.05) is 18.2 Å². The van der Waals surface area contributed by atoms with E-state index >= 15 is 0 Å².